The molecule has 4 rings (SSSR count). The van der Waals surface area contributed by atoms with E-state index < -0.39 is 9.84 Å². The molecule has 0 saturated carbocycles. The van der Waals surface area contributed by atoms with Crippen molar-refractivity contribution in [1.82, 2.24) is 0 Å². The van der Waals surface area contributed by atoms with Gasteiger partial charge in [0.05, 0.1) is 38.0 Å². The Morgan fingerprint density at radius 3 is 1.78 bits per heavy atom. The Hall–Kier alpha value is -3.81. The number of rotatable bonds is 10. The number of ether oxygens (including phenoxy) is 3. The molecule has 192 valence electrons. The highest BCUT2D eigenvalue weighted by Crippen LogP contribution is 2.29. The fraction of sp³-hybridized carbons (Fsp3) is 0.200. The monoisotopic (exact) mass is 518 g/mol. The van der Waals surface area contributed by atoms with Crippen molar-refractivity contribution in [1.29, 1.82) is 0 Å². The maximum atomic E-state index is 13.0. The van der Waals surface area contributed by atoms with E-state index in [-0.39, 0.29) is 9.79 Å². The molecule has 4 aromatic carbocycles. The summed E-state index contributed by atoms with van der Waals surface area (Å²) >= 11 is 0. The summed E-state index contributed by atoms with van der Waals surface area (Å²) in [6, 6.07) is 28.5. The highest BCUT2D eigenvalue weighted by Gasteiger charge is 2.18. The molecule has 7 heteroatoms. The normalized spacial score (nSPS) is 11.7. The number of quaternary nitrogens is 1. The lowest BCUT2D eigenvalue weighted by molar-refractivity contribution is -0.884. The molecule has 0 aliphatic carbocycles. The zero-order valence-electron chi connectivity index (χ0n) is 21.5. The number of methoxy groups -OCH3 is 1. The zero-order valence-corrected chi connectivity index (χ0v) is 22.4. The fourth-order valence-corrected chi connectivity index (χ4v) is 5.09. The van der Waals surface area contributed by atoms with E-state index in [1.807, 2.05) is 36.4 Å². The van der Waals surface area contributed by atoms with Crippen LogP contribution in [0.15, 0.2) is 107 Å². The second kappa shape index (κ2) is 11.1. The van der Waals surface area contributed by atoms with Crippen molar-refractivity contribution in [2.45, 2.75) is 22.9 Å². The highest BCUT2D eigenvalue weighted by atomic mass is 32.2. The van der Waals surface area contributed by atoms with E-state index in [1.165, 1.54) is 24.8 Å². The van der Waals surface area contributed by atoms with Crippen LogP contribution in [0.1, 0.15) is 11.1 Å². The van der Waals surface area contributed by atoms with Crippen LogP contribution in [0.25, 0.3) is 0 Å². The smallest absolute Gasteiger partial charge is 0.206 e. The maximum Gasteiger partial charge on any atom is 0.206 e. The Labute approximate surface area is 219 Å². The summed E-state index contributed by atoms with van der Waals surface area (Å²) in [6.07, 6.45) is 0. The predicted molar refractivity (Wildman–Crippen MR) is 144 cm³/mol. The van der Waals surface area contributed by atoms with Crippen molar-refractivity contribution in [2.24, 2.45) is 0 Å². The summed E-state index contributed by atoms with van der Waals surface area (Å²) in [5, 5.41) is 0. The van der Waals surface area contributed by atoms with Gasteiger partial charge in [-0.25, -0.2) is 8.42 Å². The Bertz CT molecular complexity index is 1420. The van der Waals surface area contributed by atoms with Crippen molar-refractivity contribution in [2.75, 3.05) is 28.3 Å². The van der Waals surface area contributed by atoms with Crippen LogP contribution in [0.3, 0.4) is 0 Å². The molecular weight excluding hydrogens is 486 g/mol. The summed E-state index contributed by atoms with van der Waals surface area (Å²) in [4.78, 5) is 0.394. The third-order valence-electron chi connectivity index (χ3n) is 5.68. The Kier molecular flexibility index (Phi) is 7.86. The summed E-state index contributed by atoms with van der Waals surface area (Å²) < 4.78 is 44.0. The fourth-order valence-electron chi connectivity index (χ4n) is 3.83. The molecule has 37 heavy (non-hydrogen) atoms. The molecule has 0 spiro atoms. The molecule has 0 aliphatic rings. The van der Waals surface area contributed by atoms with Gasteiger partial charge in [-0.2, -0.15) is 0 Å². The van der Waals surface area contributed by atoms with Crippen molar-refractivity contribution in [3.05, 3.63) is 108 Å². The van der Waals surface area contributed by atoms with Gasteiger partial charge in [-0.05, 0) is 78.9 Å². The van der Waals surface area contributed by atoms with Gasteiger partial charge in [0.15, 0.2) is 0 Å². The molecule has 0 N–H and O–H groups in total. The van der Waals surface area contributed by atoms with Crippen molar-refractivity contribution < 1.29 is 27.1 Å². The topological polar surface area (TPSA) is 61.8 Å². The number of para-hydroxylation sites is 1. The number of hydrogen-bond acceptors (Lipinski definition) is 5. The quantitative estimate of drug-likeness (QED) is 0.237. The van der Waals surface area contributed by atoms with Crippen LogP contribution in [0.2, 0.25) is 0 Å². The number of nitrogens with zero attached hydrogens (tertiary/aromatic N) is 1. The molecule has 0 saturated heterocycles. The van der Waals surface area contributed by atoms with Crippen LogP contribution in [-0.4, -0.2) is 41.2 Å². The predicted octanol–water partition coefficient (Wildman–Crippen LogP) is 6.11. The van der Waals surface area contributed by atoms with Crippen molar-refractivity contribution >= 4 is 9.84 Å². The average Bonchev–Trinajstić information content (AvgIpc) is 2.88. The third kappa shape index (κ3) is 6.90. The molecule has 0 bridgehead atoms. The Balaban J connectivity index is 1.43. The maximum absolute atomic E-state index is 13.0. The molecule has 0 fully saturated rings. The Morgan fingerprint density at radius 1 is 0.676 bits per heavy atom. The van der Waals surface area contributed by atoms with Crippen LogP contribution < -0.4 is 14.2 Å². The van der Waals surface area contributed by atoms with E-state index in [1.54, 1.807) is 36.4 Å². The summed E-state index contributed by atoms with van der Waals surface area (Å²) in [6.45, 7) is 1.28. The minimum Gasteiger partial charge on any atom is -0.497 e. The molecule has 0 unspecified atom stereocenters. The van der Waals surface area contributed by atoms with E-state index >= 15 is 0 Å². The summed E-state index contributed by atoms with van der Waals surface area (Å²) in [5.74, 6) is 2.57. The lowest BCUT2D eigenvalue weighted by Crippen LogP contribution is -2.33. The van der Waals surface area contributed by atoms with Crippen LogP contribution in [0.4, 0.5) is 0 Å². The van der Waals surface area contributed by atoms with E-state index in [9.17, 15) is 8.42 Å². The lowest BCUT2D eigenvalue weighted by Gasteiger charge is -2.23. The van der Waals surface area contributed by atoms with Gasteiger partial charge in [-0.3, -0.25) is 0 Å². The molecule has 4 aromatic rings. The van der Waals surface area contributed by atoms with Gasteiger partial charge in [0.2, 0.25) is 9.84 Å². The first kappa shape index (κ1) is 26.3. The van der Waals surface area contributed by atoms with Crippen LogP contribution >= 0.6 is 0 Å². The van der Waals surface area contributed by atoms with Crippen LogP contribution in [-0.2, 0) is 23.0 Å². The summed E-state index contributed by atoms with van der Waals surface area (Å²) in [5.41, 5.74) is 2.13. The van der Waals surface area contributed by atoms with Crippen LogP contribution in [0, 0.1) is 0 Å². The van der Waals surface area contributed by atoms with Gasteiger partial charge in [0.25, 0.3) is 0 Å². The second-order valence-electron chi connectivity index (χ2n) is 9.74. The summed E-state index contributed by atoms with van der Waals surface area (Å²) in [7, 11) is 4.38. The minimum absolute atomic E-state index is 0.190. The molecule has 6 nitrogen and oxygen atoms in total. The van der Waals surface area contributed by atoms with Crippen molar-refractivity contribution in [3.8, 4) is 23.0 Å². The minimum atomic E-state index is -3.65. The van der Waals surface area contributed by atoms with Gasteiger partial charge in [-0.15, -0.1) is 0 Å². The van der Waals surface area contributed by atoms with Gasteiger partial charge < -0.3 is 18.7 Å². The molecule has 0 radical (unpaired) electrons. The van der Waals surface area contributed by atoms with Crippen molar-refractivity contribution in [3.63, 3.8) is 0 Å². The van der Waals surface area contributed by atoms with Gasteiger partial charge in [0.1, 0.15) is 36.1 Å². The lowest BCUT2D eigenvalue weighted by atomic mass is 10.2. The van der Waals surface area contributed by atoms with E-state index in [2.05, 4.69) is 33.3 Å². The van der Waals surface area contributed by atoms with Gasteiger partial charge >= 0.3 is 0 Å². The van der Waals surface area contributed by atoms with Gasteiger partial charge in [0, 0.05) is 11.1 Å². The molecule has 0 aliphatic heterocycles. The molecule has 0 aromatic heterocycles. The van der Waals surface area contributed by atoms with Gasteiger partial charge in [-0.1, -0.05) is 18.2 Å². The van der Waals surface area contributed by atoms with E-state index in [0.717, 1.165) is 22.3 Å². The molecular formula is C30H32NO5S+. The number of hydrogen-bond donors (Lipinski definition) is 0. The molecule has 0 amide bonds. The van der Waals surface area contributed by atoms with E-state index in [4.69, 9.17) is 14.2 Å². The first-order valence-corrected chi connectivity index (χ1v) is 13.4. The first-order valence-electron chi connectivity index (χ1n) is 11.9. The van der Waals surface area contributed by atoms with E-state index in [0.29, 0.717) is 23.9 Å². The average molecular weight is 519 g/mol. The highest BCUT2D eigenvalue weighted by molar-refractivity contribution is 7.91. The molecule has 0 atom stereocenters. The second-order valence-corrected chi connectivity index (χ2v) is 11.7. The zero-order chi connectivity index (χ0) is 26.5. The standard InChI is InChI=1S/C30H32NO5S/c1-31(2,3)21-23-9-11-26(12-10-23)35-22-24-7-5-6-8-30(24)36-27-15-19-29(20-16-27)37(32,33)28-17-13-25(34-4)14-18-28/h5-20H,21-22H2,1-4H3/q+1. The van der Waals surface area contributed by atoms with Crippen LogP contribution in [0.5, 0.6) is 23.0 Å². The first-order chi connectivity index (χ1) is 17.6. The SMILES string of the molecule is COc1ccc(S(=O)(=O)c2ccc(Oc3ccccc3COc3ccc(C[N+](C)(C)C)cc3)cc2)cc1. The number of sulfone groups is 1. The third-order valence-corrected chi connectivity index (χ3v) is 7.46. The Morgan fingerprint density at radius 2 is 1.22 bits per heavy atom. The number of benzene rings is 4. The largest absolute Gasteiger partial charge is 0.497 e. The molecule has 0 heterocycles.